The van der Waals surface area contributed by atoms with E-state index in [0.717, 1.165) is 5.56 Å². The highest BCUT2D eigenvalue weighted by Crippen LogP contribution is 2.24. The molecule has 20 heavy (non-hydrogen) atoms. The maximum Gasteiger partial charge on any atom is 0.278 e. The number of nitrogens with one attached hydrogen (secondary N) is 2. The minimum Gasteiger partial charge on any atom is -0.278 e. The number of nitrogens with zero attached hydrogens (tertiary/aromatic N) is 2. The van der Waals surface area contributed by atoms with Crippen molar-refractivity contribution in [1.82, 2.24) is 10.2 Å². The van der Waals surface area contributed by atoms with E-state index in [1.807, 2.05) is 0 Å². The lowest BCUT2D eigenvalue weighted by Crippen LogP contribution is -2.15. The summed E-state index contributed by atoms with van der Waals surface area (Å²) in [6.07, 6.45) is 1.37. The van der Waals surface area contributed by atoms with Crippen molar-refractivity contribution in [3.8, 4) is 6.07 Å². The third-order valence-corrected chi connectivity index (χ3v) is 4.21. The molecule has 6 nitrogen and oxygen atoms in total. The number of hydrogen-bond acceptors (Lipinski definition) is 4. The van der Waals surface area contributed by atoms with Gasteiger partial charge in [-0.1, -0.05) is 12.1 Å². The van der Waals surface area contributed by atoms with Crippen LogP contribution in [0.1, 0.15) is 19.4 Å². The molecule has 0 saturated heterocycles. The van der Waals surface area contributed by atoms with Crippen molar-refractivity contribution in [3.63, 3.8) is 0 Å². The molecule has 0 aliphatic heterocycles. The number of hydrogen-bond donors (Lipinski definition) is 2. The molecule has 1 heterocycles. The summed E-state index contributed by atoms with van der Waals surface area (Å²) in [5, 5.41) is 15.1. The normalized spacial score (nSPS) is 11.8. The van der Waals surface area contributed by atoms with E-state index in [2.05, 4.69) is 21.0 Å². The predicted octanol–water partition coefficient (Wildman–Crippen LogP) is 2.01. The minimum atomic E-state index is -3.66. The second-order valence-corrected chi connectivity index (χ2v) is 6.49. The largest absolute Gasteiger partial charge is 0.278 e. The molecule has 2 N–H and O–H groups in total. The Labute approximate surface area is 117 Å². The van der Waals surface area contributed by atoms with Gasteiger partial charge in [0.15, 0.2) is 5.03 Å². The summed E-state index contributed by atoms with van der Waals surface area (Å²) >= 11 is 0. The number of rotatable bonds is 4. The average molecular weight is 290 g/mol. The molecule has 0 saturated carbocycles. The molecular weight excluding hydrogens is 276 g/mol. The molecule has 0 fully saturated rings. The second-order valence-electron chi connectivity index (χ2n) is 4.84. The van der Waals surface area contributed by atoms with Crippen molar-refractivity contribution in [2.75, 3.05) is 4.72 Å². The maximum atomic E-state index is 12.0. The Balaban J connectivity index is 2.23. The van der Waals surface area contributed by atoms with Gasteiger partial charge < -0.3 is 0 Å². The number of H-pyrrole nitrogens is 1. The summed E-state index contributed by atoms with van der Waals surface area (Å²) in [5.74, 6) is 0. The summed E-state index contributed by atoms with van der Waals surface area (Å²) < 4.78 is 26.4. The molecule has 0 bridgehead atoms. The van der Waals surface area contributed by atoms with Gasteiger partial charge in [0, 0.05) is 5.69 Å². The highest BCUT2D eigenvalue weighted by atomic mass is 32.2. The summed E-state index contributed by atoms with van der Waals surface area (Å²) in [6.45, 7) is 3.60. The van der Waals surface area contributed by atoms with Crippen LogP contribution < -0.4 is 4.72 Å². The molecule has 2 rings (SSSR count). The molecule has 0 unspecified atom stereocenters. The monoisotopic (exact) mass is 290 g/mol. The Morgan fingerprint density at radius 1 is 1.25 bits per heavy atom. The second kappa shape index (κ2) is 4.98. The van der Waals surface area contributed by atoms with Crippen LogP contribution >= 0.6 is 0 Å². The average Bonchev–Trinajstić information content (AvgIpc) is 2.93. The summed E-state index contributed by atoms with van der Waals surface area (Å²) in [7, 11) is -3.66. The lowest BCUT2D eigenvalue weighted by molar-refractivity contribution is 0.597. The first-order valence-electron chi connectivity index (χ1n) is 5.89. The lowest BCUT2D eigenvalue weighted by atomic mass is 9.86. The summed E-state index contributed by atoms with van der Waals surface area (Å²) in [6, 6.07) is 10.3. The zero-order valence-electron chi connectivity index (χ0n) is 11.1. The Hall–Kier alpha value is -2.33. The van der Waals surface area contributed by atoms with Gasteiger partial charge in [-0.25, -0.2) is 0 Å². The van der Waals surface area contributed by atoms with Crippen LogP contribution in [-0.2, 0) is 15.4 Å². The molecule has 0 spiro atoms. The van der Waals surface area contributed by atoms with Crippen molar-refractivity contribution >= 4 is 15.7 Å². The molecule has 104 valence electrons. The maximum absolute atomic E-state index is 12.0. The van der Waals surface area contributed by atoms with Crippen LogP contribution in [0, 0.1) is 11.3 Å². The molecule has 0 aliphatic rings. The van der Waals surface area contributed by atoms with Gasteiger partial charge >= 0.3 is 0 Å². The van der Waals surface area contributed by atoms with Crippen molar-refractivity contribution in [2.24, 2.45) is 0 Å². The smallest absolute Gasteiger partial charge is 0.278 e. The summed E-state index contributed by atoms with van der Waals surface area (Å²) in [5.41, 5.74) is 0.641. The van der Waals surface area contributed by atoms with Crippen LogP contribution in [0.5, 0.6) is 0 Å². The van der Waals surface area contributed by atoms with E-state index in [1.165, 1.54) is 12.3 Å². The van der Waals surface area contributed by atoms with E-state index in [0.29, 0.717) is 5.69 Å². The molecule has 7 heteroatoms. The molecule has 1 aromatic carbocycles. The highest BCUT2D eigenvalue weighted by molar-refractivity contribution is 7.92. The first kappa shape index (κ1) is 14.1. The van der Waals surface area contributed by atoms with Gasteiger partial charge in [0.2, 0.25) is 0 Å². The van der Waals surface area contributed by atoms with Gasteiger partial charge in [-0.15, -0.1) is 0 Å². The third-order valence-electron chi connectivity index (χ3n) is 2.90. The van der Waals surface area contributed by atoms with E-state index in [4.69, 9.17) is 5.26 Å². The van der Waals surface area contributed by atoms with Gasteiger partial charge in [-0.2, -0.15) is 18.8 Å². The van der Waals surface area contributed by atoms with Crippen molar-refractivity contribution < 1.29 is 8.42 Å². The van der Waals surface area contributed by atoms with Gasteiger partial charge in [-0.05, 0) is 37.6 Å². The fourth-order valence-corrected chi connectivity index (χ4v) is 2.59. The minimum absolute atomic E-state index is 0.000990. The molecule has 0 amide bonds. The topological polar surface area (TPSA) is 98.6 Å². The van der Waals surface area contributed by atoms with Crippen molar-refractivity contribution in [1.29, 1.82) is 5.26 Å². The summed E-state index contributed by atoms with van der Waals surface area (Å²) in [4.78, 5) is 0. The lowest BCUT2D eigenvalue weighted by Gasteiger charge is -2.16. The first-order valence-corrected chi connectivity index (χ1v) is 7.37. The zero-order valence-corrected chi connectivity index (χ0v) is 11.9. The Morgan fingerprint density at radius 2 is 1.90 bits per heavy atom. The first-order chi connectivity index (χ1) is 9.35. The molecule has 0 aliphatic carbocycles. The van der Waals surface area contributed by atoms with Crippen molar-refractivity contribution in [2.45, 2.75) is 24.3 Å². The quantitative estimate of drug-likeness (QED) is 0.899. The van der Waals surface area contributed by atoms with E-state index in [9.17, 15) is 8.42 Å². The highest BCUT2D eigenvalue weighted by Gasteiger charge is 2.20. The van der Waals surface area contributed by atoms with Crippen LogP contribution in [0.25, 0.3) is 0 Å². The van der Waals surface area contributed by atoms with Crippen LogP contribution in [0.2, 0.25) is 0 Å². The number of anilines is 1. The van der Waals surface area contributed by atoms with Gasteiger partial charge in [0.25, 0.3) is 10.0 Å². The Kier molecular flexibility index (Phi) is 3.51. The van der Waals surface area contributed by atoms with Gasteiger partial charge in [0.1, 0.15) is 0 Å². The SMILES string of the molecule is CC(C)(C#N)c1ccc(NS(=O)(=O)c2ccn[nH]2)cc1. The number of benzene rings is 1. The Morgan fingerprint density at radius 3 is 2.40 bits per heavy atom. The van der Waals surface area contributed by atoms with Crippen LogP contribution in [0.15, 0.2) is 41.6 Å². The fourth-order valence-electron chi connectivity index (χ4n) is 1.62. The number of sulfonamides is 1. The van der Waals surface area contributed by atoms with E-state index in [-0.39, 0.29) is 5.03 Å². The standard InChI is InChI=1S/C13H14N4O2S/c1-13(2,9-14)10-3-5-11(6-4-10)17-20(18,19)12-7-8-15-16-12/h3-8,17H,1-2H3,(H,15,16). The zero-order chi connectivity index (χ0) is 14.8. The third kappa shape index (κ3) is 2.81. The molecule has 0 atom stereocenters. The molecule has 2 aromatic rings. The number of nitriles is 1. The number of aromatic amines is 1. The fraction of sp³-hybridized carbons (Fsp3) is 0.231. The molecular formula is C13H14N4O2S. The van der Waals surface area contributed by atoms with Crippen molar-refractivity contribution in [3.05, 3.63) is 42.1 Å². The van der Waals surface area contributed by atoms with E-state index < -0.39 is 15.4 Å². The van der Waals surface area contributed by atoms with Gasteiger partial charge in [-0.3, -0.25) is 9.82 Å². The van der Waals surface area contributed by atoms with Crippen LogP contribution in [-0.4, -0.2) is 18.6 Å². The molecule has 0 radical (unpaired) electrons. The van der Waals surface area contributed by atoms with Gasteiger partial charge in [0.05, 0.1) is 17.7 Å². The Bertz CT molecular complexity index is 726. The predicted molar refractivity (Wildman–Crippen MR) is 74.5 cm³/mol. The van der Waals surface area contributed by atoms with Crippen LogP contribution in [0.4, 0.5) is 5.69 Å². The number of aromatic nitrogens is 2. The van der Waals surface area contributed by atoms with E-state index in [1.54, 1.807) is 38.1 Å². The molecule has 1 aromatic heterocycles. The van der Waals surface area contributed by atoms with E-state index >= 15 is 0 Å². The van der Waals surface area contributed by atoms with Crippen LogP contribution in [0.3, 0.4) is 0 Å².